The van der Waals surface area contributed by atoms with Gasteiger partial charge in [0.1, 0.15) is 18.1 Å². The fourth-order valence-corrected chi connectivity index (χ4v) is 3.17. The van der Waals surface area contributed by atoms with Crippen molar-refractivity contribution in [2.75, 3.05) is 33.4 Å². The molecule has 1 aliphatic rings. The predicted octanol–water partition coefficient (Wildman–Crippen LogP) is 4.41. The molecular weight excluding hydrogens is 380 g/mol. The Kier molecular flexibility index (Phi) is 10.0. The van der Waals surface area contributed by atoms with Crippen molar-refractivity contribution in [3.05, 3.63) is 59.7 Å². The Morgan fingerprint density at radius 2 is 1.93 bits per heavy atom. The summed E-state index contributed by atoms with van der Waals surface area (Å²) < 4.78 is 16.6. The Hall–Kier alpha value is -2.73. The van der Waals surface area contributed by atoms with Crippen LogP contribution in [0.3, 0.4) is 0 Å². The van der Waals surface area contributed by atoms with Crippen LogP contribution in [-0.2, 0) is 11.3 Å². The first-order valence-corrected chi connectivity index (χ1v) is 10.6. The van der Waals surface area contributed by atoms with Gasteiger partial charge in [0.2, 0.25) is 0 Å². The summed E-state index contributed by atoms with van der Waals surface area (Å²) in [5.41, 5.74) is 2.06. The Morgan fingerprint density at radius 1 is 1.17 bits per heavy atom. The SMILES string of the molecule is CC.COc1ccc(C)c(OCCC2CN(C(=O)OCc3ccccc3)CCN2)c1. The molecule has 30 heavy (non-hydrogen) atoms. The Balaban J connectivity index is 0.00000155. The van der Waals surface area contributed by atoms with E-state index in [-0.39, 0.29) is 12.1 Å². The molecule has 164 valence electrons. The zero-order valence-corrected chi connectivity index (χ0v) is 18.5. The number of aryl methyl sites for hydroxylation is 1. The molecule has 6 heteroatoms. The van der Waals surface area contributed by atoms with Crippen LogP contribution in [0.5, 0.6) is 11.5 Å². The maximum Gasteiger partial charge on any atom is 0.410 e. The number of piperazine rings is 1. The normalized spacial score (nSPS) is 15.6. The van der Waals surface area contributed by atoms with Crippen molar-refractivity contribution < 1.29 is 19.0 Å². The molecule has 3 rings (SSSR count). The third-order valence-electron chi connectivity index (χ3n) is 4.84. The van der Waals surface area contributed by atoms with Crippen molar-refractivity contribution in [2.45, 2.75) is 39.8 Å². The summed E-state index contributed by atoms with van der Waals surface area (Å²) in [4.78, 5) is 14.1. The number of rotatable bonds is 7. The zero-order valence-electron chi connectivity index (χ0n) is 18.5. The van der Waals surface area contributed by atoms with E-state index in [0.29, 0.717) is 26.3 Å². The number of amides is 1. The molecule has 0 spiro atoms. The molecule has 1 aliphatic heterocycles. The summed E-state index contributed by atoms with van der Waals surface area (Å²) in [6.07, 6.45) is 0.541. The van der Waals surface area contributed by atoms with Gasteiger partial charge < -0.3 is 24.4 Å². The molecular formula is C24H34N2O4. The first-order chi connectivity index (χ1) is 14.7. The van der Waals surface area contributed by atoms with Gasteiger partial charge in [-0.25, -0.2) is 4.79 Å². The van der Waals surface area contributed by atoms with Gasteiger partial charge in [-0.1, -0.05) is 50.2 Å². The molecule has 1 amide bonds. The van der Waals surface area contributed by atoms with E-state index in [1.165, 1.54) is 0 Å². The first-order valence-electron chi connectivity index (χ1n) is 10.6. The number of nitrogens with one attached hydrogen (secondary N) is 1. The number of carbonyl (C=O) groups excluding carboxylic acids is 1. The number of hydrogen-bond acceptors (Lipinski definition) is 5. The molecule has 1 saturated heterocycles. The van der Waals surface area contributed by atoms with Crippen LogP contribution in [0.2, 0.25) is 0 Å². The third kappa shape index (κ3) is 7.26. The van der Waals surface area contributed by atoms with Crippen LogP contribution >= 0.6 is 0 Å². The van der Waals surface area contributed by atoms with Gasteiger partial charge in [-0.3, -0.25) is 0 Å². The maximum absolute atomic E-state index is 12.4. The van der Waals surface area contributed by atoms with Crippen LogP contribution in [0.25, 0.3) is 0 Å². The quantitative estimate of drug-likeness (QED) is 0.727. The first kappa shape index (κ1) is 23.5. The van der Waals surface area contributed by atoms with Crippen LogP contribution in [0.1, 0.15) is 31.4 Å². The summed E-state index contributed by atoms with van der Waals surface area (Å²) >= 11 is 0. The lowest BCUT2D eigenvalue weighted by molar-refractivity contribution is 0.0827. The summed E-state index contributed by atoms with van der Waals surface area (Å²) in [5, 5.41) is 3.45. The topological polar surface area (TPSA) is 60.0 Å². The van der Waals surface area contributed by atoms with Gasteiger partial charge in [-0.2, -0.15) is 0 Å². The average molecular weight is 415 g/mol. The number of benzene rings is 2. The second-order valence-electron chi connectivity index (χ2n) is 6.91. The average Bonchev–Trinajstić information content (AvgIpc) is 2.81. The molecule has 0 aliphatic carbocycles. The highest BCUT2D eigenvalue weighted by Crippen LogP contribution is 2.24. The van der Waals surface area contributed by atoms with Crippen molar-refractivity contribution in [3.8, 4) is 11.5 Å². The van der Waals surface area contributed by atoms with Crippen LogP contribution in [0.4, 0.5) is 4.79 Å². The Morgan fingerprint density at radius 3 is 2.67 bits per heavy atom. The van der Waals surface area contributed by atoms with E-state index in [9.17, 15) is 4.79 Å². The second-order valence-corrected chi connectivity index (χ2v) is 6.91. The second kappa shape index (κ2) is 12.8. The highest BCUT2D eigenvalue weighted by atomic mass is 16.6. The number of hydrogen-bond donors (Lipinski definition) is 1. The van der Waals surface area contributed by atoms with Crippen LogP contribution in [0.15, 0.2) is 48.5 Å². The number of methoxy groups -OCH3 is 1. The predicted molar refractivity (Wildman–Crippen MR) is 119 cm³/mol. The van der Waals surface area contributed by atoms with Crippen molar-refractivity contribution in [3.63, 3.8) is 0 Å². The van der Waals surface area contributed by atoms with E-state index >= 15 is 0 Å². The summed E-state index contributed by atoms with van der Waals surface area (Å²) in [5.74, 6) is 1.61. The Labute approximate surface area is 180 Å². The van der Waals surface area contributed by atoms with E-state index in [4.69, 9.17) is 14.2 Å². The maximum atomic E-state index is 12.4. The number of ether oxygens (including phenoxy) is 3. The van der Waals surface area contributed by atoms with Crippen LogP contribution < -0.4 is 14.8 Å². The molecule has 1 N–H and O–H groups in total. The van der Waals surface area contributed by atoms with E-state index < -0.39 is 0 Å². The van der Waals surface area contributed by atoms with Crippen molar-refractivity contribution >= 4 is 6.09 Å². The minimum absolute atomic E-state index is 0.184. The Bertz CT molecular complexity index is 767. The van der Waals surface area contributed by atoms with Gasteiger partial charge in [0.15, 0.2) is 0 Å². The molecule has 1 atom stereocenters. The molecule has 1 heterocycles. The molecule has 2 aromatic rings. The van der Waals surface area contributed by atoms with Gasteiger partial charge >= 0.3 is 6.09 Å². The van der Waals surface area contributed by atoms with Crippen LogP contribution in [-0.4, -0.2) is 50.4 Å². The lowest BCUT2D eigenvalue weighted by atomic mass is 10.1. The molecule has 0 bridgehead atoms. The standard InChI is InChI=1S/C22H28N2O4.C2H6/c1-17-8-9-20(26-2)14-21(17)27-13-10-19-15-24(12-11-23-19)22(25)28-16-18-6-4-3-5-7-18;1-2/h3-9,14,19,23H,10-13,15-16H2,1-2H3;1-2H3. The van der Waals surface area contributed by atoms with Gasteiger partial charge in [-0.15, -0.1) is 0 Å². The van der Waals surface area contributed by atoms with E-state index in [1.807, 2.05) is 69.3 Å². The molecule has 0 aromatic heterocycles. The zero-order chi connectivity index (χ0) is 21.8. The summed E-state index contributed by atoms with van der Waals surface area (Å²) in [7, 11) is 1.64. The number of nitrogens with zero attached hydrogens (tertiary/aromatic N) is 1. The molecule has 0 saturated carbocycles. The van der Waals surface area contributed by atoms with E-state index in [1.54, 1.807) is 12.0 Å². The third-order valence-corrected chi connectivity index (χ3v) is 4.84. The van der Waals surface area contributed by atoms with Crippen molar-refractivity contribution in [1.82, 2.24) is 10.2 Å². The minimum Gasteiger partial charge on any atom is -0.497 e. The summed E-state index contributed by atoms with van der Waals surface area (Å²) in [6.45, 7) is 8.90. The summed E-state index contributed by atoms with van der Waals surface area (Å²) in [6, 6.07) is 15.7. The lowest BCUT2D eigenvalue weighted by Crippen LogP contribution is -2.53. The van der Waals surface area contributed by atoms with Crippen molar-refractivity contribution in [2.24, 2.45) is 0 Å². The fourth-order valence-electron chi connectivity index (χ4n) is 3.17. The van der Waals surface area contributed by atoms with Gasteiger partial charge in [-0.05, 0) is 30.5 Å². The number of carbonyl (C=O) groups is 1. The molecule has 6 nitrogen and oxygen atoms in total. The molecule has 0 radical (unpaired) electrons. The fraction of sp³-hybridized carbons (Fsp3) is 0.458. The van der Waals surface area contributed by atoms with Crippen molar-refractivity contribution in [1.29, 1.82) is 0 Å². The monoisotopic (exact) mass is 414 g/mol. The van der Waals surface area contributed by atoms with E-state index in [2.05, 4.69) is 5.32 Å². The molecule has 2 aromatic carbocycles. The van der Waals surface area contributed by atoms with E-state index in [0.717, 1.165) is 35.6 Å². The van der Waals surface area contributed by atoms with Gasteiger partial charge in [0.25, 0.3) is 0 Å². The smallest absolute Gasteiger partial charge is 0.410 e. The molecule has 1 unspecified atom stereocenters. The van der Waals surface area contributed by atoms with Crippen LogP contribution in [0, 0.1) is 6.92 Å². The van der Waals surface area contributed by atoms with Gasteiger partial charge in [0.05, 0.1) is 13.7 Å². The highest BCUT2D eigenvalue weighted by Gasteiger charge is 2.24. The lowest BCUT2D eigenvalue weighted by Gasteiger charge is -2.33. The molecule has 1 fully saturated rings. The van der Waals surface area contributed by atoms with Gasteiger partial charge in [0, 0.05) is 31.7 Å². The largest absolute Gasteiger partial charge is 0.497 e. The highest BCUT2D eigenvalue weighted by molar-refractivity contribution is 5.67. The minimum atomic E-state index is -0.264.